The Labute approximate surface area is 337 Å². The number of nitrogens with zero attached hydrogens (tertiary/aromatic N) is 2. The van der Waals surface area contributed by atoms with Gasteiger partial charge in [0.15, 0.2) is 0 Å². The van der Waals surface area contributed by atoms with Crippen LogP contribution in [0.4, 0.5) is 17.1 Å². The topological polar surface area (TPSA) is 8.17 Å². The Kier molecular flexibility index (Phi) is 7.26. The van der Waals surface area contributed by atoms with E-state index in [0.29, 0.717) is 0 Å². The number of hydrogen-bond acceptors (Lipinski definition) is 1. The van der Waals surface area contributed by atoms with Gasteiger partial charge in [0.2, 0.25) is 0 Å². The van der Waals surface area contributed by atoms with Crippen molar-refractivity contribution in [3.8, 4) is 50.2 Å². The molecule has 0 radical (unpaired) electrons. The van der Waals surface area contributed by atoms with Gasteiger partial charge in [0.05, 0.1) is 16.7 Å². The minimum atomic E-state index is 1.11. The SMILES string of the molecule is c1ccc(-c2ccc(-c3ccccc3)c(N(c3ccccc3)c3ccc4cc5c(cc4c3)-c3cc4cc(-n6c7ccccc7c7ccccc76)ccc4cc3-5)c2)cc1. The number of anilines is 3. The summed E-state index contributed by atoms with van der Waals surface area (Å²) in [5.74, 6) is 0. The molecule has 0 aliphatic heterocycles. The van der Waals surface area contributed by atoms with Crippen molar-refractivity contribution in [2.75, 3.05) is 4.90 Å². The molecule has 12 rings (SSSR count). The Morgan fingerprint density at radius 2 is 0.810 bits per heavy atom. The van der Waals surface area contributed by atoms with Crippen LogP contribution in [0.2, 0.25) is 0 Å². The zero-order valence-electron chi connectivity index (χ0n) is 31.7. The van der Waals surface area contributed by atoms with E-state index >= 15 is 0 Å². The molecule has 1 aromatic heterocycles. The molecule has 0 atom stereocenters. The Morgan fingerprint density at radius 3 is 1.45 bits per heavy atom. The predicted molar refractivity (Wildman–Crippen MR) is 246 cm³/mol. The largest absolute Gasteiger partial charge is 0.310 e. The molecule has 11 aromatic rings. The van der Waals surface area contributed by atoms with Crippen LogP contribution in [0.15, 0.2) is 218 Å². The Bertz CT molecular complexity index is 3330. The van der Waals surface area contributed by atoms with E-state index in [1.807, 2.05) is 0 Å². The molecule has 0 N–H and O–H groups in total. The molecule has 2 heteroatoms. The summed E-state index contributed by atoms with van der Waals surface area (Å²) in [4.78, 5) is 2.42. The molecule has 58 heavy (non-hydrogen) atoms. The summed E-state index contributed by atoms with van der Waals surface area (Å²) < 4.78 is 2.41. The second-order valence-electron chi connectivity index (χ2n) is 15.4. The highest BCUT2D eigenvalue weighted by Gasteiger charge is 2.25. The number of rotatable bonds is 6. The van der Waals surface area contributed by atoms with E-state index in [2.05, 4.69) is 228 Å². The first-order valence-electron chi connectivity index (χ1n) is 20.0. The van der Waals surface area contributed by atoms with E-state index in [1.165, 1.54) is 93.5 Å². The molecule has 0 saturated carbocycles. The molecular weight excluding hydrogens is 701 g/mol. The Hall–Kier alpha value is -7.68. The van der Waals surface area contributed by atoms with Gasteiger partial charge < -0.3 is 9.47 Å². The monoisotopic (exact) mass is 736 g/mol. The van der Waals surface area contributed by atoms with Crippen molar-refractivity contribution in [1.29, 1.82) is 0 Å². The number of fused-ring (bicyclic) bond motifs is 9. The van der Waals surface area contributed by atoms with Crippen molar-refractivity contribution in [2.24, 2.45) is 0 Å². The van der Waals surface area contributed by atoms with Gasteiger partial charge in [0.1, 0.15) is 0 Å². The van der Waals surface area contributed by atoms with Crippen LogP contribution in [-0.4, -0.2) is 4.57 Å². The fourth-order valence-corrected chi connectivity index (χ4v) is 9.27. The molecule has 0 saturated heterocycles. The van der Waals surface area contributed by atoms with Gasteiger partial charge in [0, 0.05) is 33.4 Å². The number of benzene rings is 10. The van der Waals surface area contributed by atoms with Gasteiger partial charge in [-0.15, -0.1) is 0 Å². The summed E-state index contributed by atoms with van der Waals surface area (Å²) in [6.45, 7) is 0. The molecule has 2 nitrogen and oxygen atoms in total. The van der Waals surface area contributed by atoms with Crippen LogP contribution in [0.5, 0.6) is 0 Å². The van der Waals surface area contributed by atoms with Crippen LogP contribution in [-0.2, 0) is 0 Å². The normalized spacial score (nSPS) is 11.8. The van der Waals surface area contributed by atoms with Gasteiger partial charge in [0.25, 0.3) is 0 Å². The highest BCUT2D eigenvalue weighted by Crippen LogP contribution is 2.51. The van der Waals surface area contributed by atoms with Crippen molar-refractivity contribution < 1.29 is 0 Å². The molecular formula is C56H36N2. The zero-order valence-corrected chi connectivity index (χ0v) is 31.7. The quantitative estimate of drug-likeness (QED) is 0.165. The average molecular weight is 737 g/mol. The molecule has 1 aliphatic rings. The summed E-state index contributed by atoms with van der Waals surface area (Å²) in [5.41, 5.74) is 17.0. The van der Waals surface area contributed by atoms with E-state index in [1.54, 1.807) is 0 Å². The molecule has 0 amide bonds. The molecule has 0 fully saturated rings. The second kappa shape index (κ2) is 12.9. The smallest absolute Gasteiger partial charge is 0.0546 e. The average Bonchev–Trinajstić information content (AvgIpc) is 3.63. The lowest BCUT2D eigenvalue weighted by Gasteiger charge is -2.29. The maximum absolute atomic E-state index is 2.42. The molecule has 10 aromatic carbocycles. The van der Waals surface area contributed by atoms with Crippen LogP contribution in [0, 0.1) is 0 Å². The van der Waals surface area contributed by atoms with E-state index in [-0.39, 0.29) is 0 Å². The van der Waals surface area contributed by atoms with Crippen LogP contribution in [0.25, 0.3) is 93.5 Å². The maximum atomic E-state index is 2.42. The second-order valence-corrected chi connectivity index (χ2v) is 15.4. The van der Waals surface area contributed by atoms with E-state index in [0.717, 1.165) is 17.1 Å². The van der Waals surface area contributed by atoms with Gasteiger partial charge in [-0.2, -0.15) is 0 Å². The highest BCUT2D eigenvalue weighted by atomic mass is 15.1. The van der Waals surface area contributed by atoms with Gasteiger partial charge in [-0.1, -0.05) is 140 Å². The number of aromatic nitrogens is 1. The number of para-hydroxylation sites is 3. The first-order chi connectivity index (χ1) is 28.7. The molecule has 270 valence electrons. The third-order valence-corrected chi connectivity index (χ3v) is 12.0. The lowest BCUT2D eigenvalue weighted by atomic mass is 9.78. The van der Waals surface area contributed by atoms with Crippen molar-refractivity contribution in [2.45, 2.75) is 0 Å². The number of hydrogen-bond donors (Lipinski definition) is 0. The van der Waals surface area contributed by atoms with Crippen LogP contribution >= 0.6 is 0 Å². The zero-order chi connectivity index (χ0) is 38.2. The molecule has 0 unspecified atom stereocenters. The highest BCUT2D eigenvalue weighted by molar-refractivity contribution is 6.13. The summed E-state index contributed by atoms with van der Waals surface area (Å²) in [6.07, 6.45) is 0. The van der Waals surface area contributed by atoms with Crippen LogP contribution < -0.4 is 4.90 Å². The predicted octanol–water partition coefficient (Wildman–Crippen LogP) is 15.5. The van der Waals surface area contributed by atoms with Crippen molar-refractivity contribution in [3.63, 3.8) is 0 Å². The standard InChI is InChI=1S/C56H36N2/c1-4-14-37(15-5-1)41-26-29-47(38-16-6-2-7-17-38)56(36-41)57(44-18-8-3-9-19-44)45-27-24-39-32-50-51-33-40-25-28-46(31-43(40)35-53(51)52(50)34-42(39)30-45)58-54-22-12-10-20-48(54)49-21-11-13-23-55(49)58/h1-36H. The molecule has 0 bridgehead atoms. The van der Waals surface area contributed by atoms with E-state index < -0.39 is 0 Å². The fraction of sp³-hybridized carbons (Fsp3) is 0. The van der Waals surface area contributed by atoms with E-state index in [4.69, 9.17) is 0 Å². The summed E-state index contributed by atoms with van der Waals surface area (Å²) in [5, 5.41) is 7.53. The first kappa shape index (κ1) is 32.6. The van der Waals surface area contributed by atoms with Crippen molar-refractivity contribution in [1.82, 2.24) is 4.57 Å². The van der Waals surface area contributed by atoms with Gasteiger partial charge in [-0.3, -0.25) is 0 Å². The summed E-state index contributed by atoms with van der Waals surface area (Å²) in [6, 6.07) is 79.9. The third-order valence-electron chi connectivity index (χ3n) is 12.0. The summed E-state index contributed by atoms with van der Waals surface area (Å²) in [7, 11) is 0. The Morgan fingerprint density at radius 1 is 0.293 bits per heavy atom. The molecule has 0 spiro atoms. The van der Waals surface area contributed by atoms with Gasteiger partial charge in [-0.05, 0) is 139 Å². The van der Waals surface area contributed by atoms with Crippen molar-refractivity contribution in [3.05, 3.63) is 218 Å². The van der Waals surface area contributed by atoms with E-state index in [9.17, 15) is 0 Å². The molecule has 1 heterocycles. The lowest BCUT2D eigenvalue weighted by molar-refractivity contribution is 1.19. The van der Waals surface area contributed by atoms with Crippen LogP contribution in [0.1, 0.15) is 0 Å². The van der Waals surface area contributed by atoms with Crippen molar-refractivity contribution >= 4 is 60.4 Å². The first-order valence-corrected chi connectivity index (χ1v) is 20.0. The fourth-order valence-electron chi connectivity index (χ4n) is 9.27. The lowest BCUT2D eigenvalue weighted by Crippen LogP contribution is -2.11. The minimum Gasteiger partial charge on any atom is -0.310 e. The molecule has 1 aliphatic carbocycles. The minimum absolute atomic E-state index is 1.11. The van der Waals surface area contributed by atoms with Crippen LogP contribution in [0.3, 0.4) is 0 Å². The summed E-state index contributed by atoms with van der Waals surface area (Å²) >= 11 is 0. The third kappa shape index (κ3) is 5.12. The van der Waals surface area contributed by atoms with Gasteiger partial charge in [-0.25, -0.2) is 0 Å². The van der Waals surface area contributed by atoms with Gasteiger partial charge >= 0.3 is 0 Å². The Balaban J connectivity index is 0.992. The maximum Gasteiger partial charge on any atom is 0.0546 e.